The van der Waals surface area contributed by atoms with Gasteiger partial charge in [-0.25, -0.2) is 8.78 Å². The first kappa shape index (κ1) is 14.8. The van der Waals surface area contributed by atoms with E-state index in [1.54, 1.807) is 0 Å². The minimum Gasteiger partial charge on any atom is -0.376 e. The summed E-state index contributed by atoms with van der Waals surface area (Å²) in [5.74, 6) is -1.31. The first-order chi connectivity index (χ1) is 9.65. The third-order valence-electron chi connectivity index (χ3n) is 3.52. The number of nitrogens with zero attached hydrogens (tertiary/aromatic N) is 1. The van der Waals surface area contributed by atoms with Crippen LogP contribution in [-0.4, -0.2) is 30.4 Å². The zero-order valence-corrected chi connectivity index (χ0v) is 11.5. The lowest BCUT2D eigenvalue weighted by Gasteiger charge is -2.25. The van der Waals surface area contributed by atoms with Gasteiger partial charge in [-0.1, -0.05) is 19.3 Å². The van der Waals surface area contributed by atoms with Gasteiger partial charge in [0.15, 0.2) is 0 Å². The monoisotopic (exact) mass is 282 g/mol. The summed E-state index contributed by atoms with van der Waals surface area (Å²) in [5.41, 5.74) is 0.294. The van der Waals surface area contributed by atoms with Gasteiger partial charge in [-0.05, 0) is 25.0 Å². The Morgan fingerprint density at radius 1 is 1.00 bits per heavy atom. The SMILES string of the molecule is O=C(CNc1cc(F)cc(F)c1)N1CCCCCCC1. The van der Waals surface area contributed by atoms with E-state index in [1.165, 1.54) is 18.6 Å². The van der Waals surface area contributed by atoms with Crippen LogP contribution in [0, 0.1) is 11.6 Å². The molecule has 5 heteroatoms. The maximum Gasteiger partial charge on any atom is 0.241 e. The predicted octanol–water partition coefficient (Wildman–Crippen LogP) is 3.17. The number of hydrogen-bond acceptors (Lipinski definition) is 2. The Hall–Kier alpha value is -1.65. The lowest BCUT2D eigenvalue weighted by atomic mass is 10.1. The second-order valence-electron chi connectivity index (χ2n) is 5.16. The number of carbonyl (C=O) groups excluding carboxylic acids is 1. The molecule has 110 valence electrons. The summed E-state index contributed by atoms with van der Waals surface area (Å²) in [6.45, 7) is 1.62. The molecular formula is C15H20F2N2O. The molecular weight excluding hydrogens is 262 g/mol. The van der Waals surface area contributed by atoms with Crippen LogP contribution in [0.25, 0.3) is 0 Å². The number of rotatable bonds is 3. The van der Waals surface area contributed by atoms with E-state index < -0.39 is 11.6 Å². The fourth-order valence-corrected chi connectivity index (χ4v) is 2.44. The van der Waals surface area contributed by atoms with Crippen LogP contribution in [0.15, 0.2) is 18.2 Å². The summed E-state index contributed by atoms with van der Waals surface area (Å²) in [6, 6.07) is 3.18. The third-order valence-corrected chi connectivity index (χ3v) is 3.52. The van der Waals surface area contributed by atoms with Crippen molar-refractivity contribution in [2.45, 2.75) is 32.1 Å². The topological polar surface area (TPSA) is 32.3 Å². The summed E-state index contributed by atoms with van der Waals surface area (Å²) in [4.78, 5) is 13.9. The fraction of sp³-hybridized carbons (Fsp3) is 0.533. The predicted molar refractivity (Wildman–Crippen MR) is 74.5 cm³/mol. The van der Waals surface area contributed by atoms with Crippen LogP contribution in [0.4, 0.5) is 14.5 Å². The Labute approximate surface area is 118 Å². The Morgan fingerprint density at radius 2 is 1.55 bits per heavy atom. The van der Waals surface area contributed by atoms with Crippen LogP contribution in [0.5, 0.6) is 0 Å². The fourth-order valence-electron chi connectivity index (χ4n) is 2.44. The van der Waals surface area contributed by atoms with Crippen LogP contribution in [0.2, 0.25) is 0 Å². The molecule has 1 aliphatic heterocycles. The Kier molecular flexibility index (Phi) is 5.32. The highest BCUT2D eigenvalue weighted by molar-refractivity contribution is 5.80. The van der Waals surface area contributed by atoms with Gasteiger partial charge in [0, 0.05) is 24.8 Å². The van der Waals surface area contributed by atoms with Gasteiger partial charge in [-0.2, -0.15) is 0 Å². The molecule has 0 spiro atoms. The van der Waals surface area contributed by atoms with Gasteiger partial charge in [0.1, 0.15) is 11.6 Å². The van der Waals surface area contributed by atoms with Crippen LogP contribution in [0.1, 0.15) is 32.1 Å². The van der Waals surface area contributed by atoms with Crippen LogP contribution in [-0.2, 0) is 4.79 Å². The highest BCUT2D eigenvalue weighted by Crippen LogP contribution is 2.14. The number of likely N-dealkylation sites (tertiary alicyclic amines) is 1. The molecule has 1 aromatic carbocycles. The number of amides is 1. The first-order valence-electron chi connectivity index (χ1n) is 7.13. The van der Waals surface area contributed by atoms with E-state index in [4.69, 9.17) is 0 Å². The van der Waals surface area contributed by atoms with Gasteiger partial charge in [-0.3, -0.25) is 4.79 Å². The second-order valence-corrected chi connectivity index (χ2v) is 5.16. The summed E-state index contributed by atoms with van der Waals surface area (Å²) >= 11 is 0. The van der Waals surface area contributed by atoms with E-state index in [1.807, 2.05) is 4.90 Å². The summed E-state index contributed by atoms with van der Waals surface area (Å²) < 4.78 is 26.1. The van der Waals surface area contributed by atoms with Crippen LogP contribution < -0.4 is 5.32 Å². The van der Waals surface area contributed by atoms with E-state index in [2.05, 4.69) is 5.32 Å². The molecule has 1 amide bonds. The zero-order chi connectivity index (χ0) is 14.4. The average molecular weight is 282 g/mol. The van der Waals surface area contributed by atoms with Crippen molar-refractivity contribution in [3.63, 3.8) is 0 Å². The lowest BCUT2D eigenvalue weighted by Crippen LogP contribution is -2.37. The molecule has 1 saturated heterocycles. The summed E-state index contributed by atoms with van der Waals surface area (Å²) in [7, 11) is 0. The molecule has 1 heterocycles. The van der Waals surface area contributed by atoms with E-state index >= 15 is 0 Å². The number of hydrogen-bond donors (Lipinski definition) is 1. The Morgan fingerprint density at radius 3 is 2.15 bits per heavy atom. The Bertz CT molecular complexity index is 437. The normalized spacial score (nSPS) is 16.4. The number of benzene rings is 1. The number of anilines is 1. The molecule has 0 aliphatic carbocycles. The van der Waals surface area contributed by atoms with Crippen molar-refractivity contribution in [1.82, 2.24) is 4.90 Å². The van der Waals surface area contributed by atoms with Crippen LogP contribution >= 0.6 is 0 Å². The molecule has 0 aromatic heterocycles. The molecule has 0 bridgehead atoms. The molecule has 1 fully saturated rings. The third kappa shape index (κ3) is 4.47. The van der Waals surface area contributed by atoms with Crippen molar-refractivity contribution >= 4 is 11.6 Å². The van der Waals surface area contributed by atoms with Gasteiger partial charge in [-0.15, -0.1) is 0 Å². The van der Waals surface area contributed by atoms with Crippen molar-refractivity contribution in [3.8, 4) is 0 Å². The van der Waals surface area contributed by atoms with E-state index in [-0.39, 0.29) is 12.5 Å². The molecule has 0 saturated carbocycles. The molecule has 1 aliphatic rings. The minimum absolute atomic E-state index is 0.0171. The van der Waals surface area contributed by atoms with E-state index in [9.17, 15) is 13.6 Å². The smallest absolute Gasteiger partial charge is 0.241 e. The van der Waals surface area contributed by atoms with Gasteiger partial charge >= 0.3 is 0 Å². The Balaban J connectivity index is 1.87. The standard InChI is InChI=1S/C15H20F2N2O/c16-12-8-13(17)10-14(9-12)18-11-15(20)19-6-4-2-1-3-5-7-19/h8-10,18H,1-7,11H2. The molecule has 3 nitrogen and oxygen atoms in total. The summed E-state index contributed by atoms with van der Waals surface area (Å²) in [5, 5.41) is 2.79. The average Bonchev–Trinajstić information content (AvgIpc) is 2.34. The van der Waals surface area contributed by atoms with E-state index in [0.717, 1.165) is 44.8 Å². The highest BCUT2D eigenvalue weighted by atomic mass is 19.1. The number of nitrogens with one attached hydrogen (secondary N) is 1. The van der Waals surface area contributed by atoms with Crippen molar-refractivity contribution in [2.24, 2.45) is 0 Å². The van der Waals surface area contributed by atoms with Crippen molar-refractivity contribution in [3.05, 3.63) is 29.8 Å². The quantitative estimate of drug-likeness (QED) is 0.923. The number of carbonyl (C=O) groups is 1. The zero-order valence-electron chi connectivity index (χ0n) is 11.5. The highest BCUT2D eigenvalue weighted by Gasteiger charge is 2.14. The molecule has 0 radical (unpaired) electrons. The van der Waals surface area contributed by atoms with Crippen LogP contribution in [0.3, 0.4) is 0 Å². The van der Waals surface area contributed by atoms with Gasteiger partial charge < -0.3 is 10.2 Å². The maximum absolute atomic E-state index is 13.0. The molecule has 0 unspecified atom stereocenters. The molecule has 20 heavy (non-hydrogen) atoms. The molecule has 1 N–H and O–H groups in total. The van der Waals surface area contributed by atoms with E-state index in [0.29, 0.717) is 5.69 Å². The maximum atomic E-state index is 13.0. The number of halogens is 2. The molecule has 1 aromatic rings. The van der Waals surface area contributed by atoms with Gasteiger partial charge in [0.25, 0.3) is 0 Å². The van der Waals surface area contributed by atoms with Crippen molar-refractivity contribution < 1.29 is 13.6 Å². The first-order valence-corrected chi connectivity index (χ1v) is 7.13. The lowest BCUT2D eigenvalue weighted by molar-refractivity contribution is -0.129. The van der Waals surface area contributed by atoms with Crippen molar-refractivity contribution in [2.75, 3.05) is 25.0 Å². The van der Waals surface area contributed by atoms with Crippen molar-refractivity contribution in [1.29, 1.82) is 0 Å². The van der Waals surface area contributed by atoms with Gasteiger partial charge in [0.2, 0.25) is 5.91 Å². The second kappa shape index (κ2) is 7.22. The minimum atomic E-state index is -0.647. The molecule has 2 rings (SSSR count). The molecule has 0 atom stereocenters. The summed E-state index contributed by atoms with van der Waals surface area (Å²) in [6.07, 6.45) is 5.61. The van der Waals surface area contributed by atoms with Gasteiger partial charge in [0.05, 0.1) is 6.54 Å². The largest absolute Gasteiger partial charge is 0.376 e.